The number of fused-ring (bicyclic) bond motifs is 1. The zero-order valence-corrected chi connectivity index (χ0v) is 10.2. The first kappa shape index (κ1) is 11.0. The third-order valence-electron chi connectivity index (χ3n) is 3.18. The summed E-state index contributed by atoms with van der Waals surface area (Å²) in [5.74, 6) is 1.12. The van der Waals surface area contributed by atoms with Crippen LogP contribution >= 0.6 is 0 Å². The minimum absolute atomic E-state index is 0.00171. The maximum absolute atomic E-state index is 12.0. The first-order valence-corrected chi connectivity index (χ1v) is 5.53. The Balaban J connectivity index is 2.48. The first-order chi connectivity index (χ1) is 7.52. The minimum atomic E-state index is -0.00171. The van der Waals surface area contributed by atoms with Crippen molar-refractivity contribution in [1.29, 1.82) is 0 Å². The zero-order chi connectivity index (χ0) is 11.9. The van der Waals surface area contributed by atoms with Crippen LogP contribution in [0.5, 0.6) is 5.75 Å². The lowest BCUT2D eigenvalue weighted by atomic mass is 9.97. The molecule has 0 bridgehead atoms. The molecule has 0 aromatic heterocycles. The highest BCUT2D eigenvalue weighted by molar-refractivity contribution is 5.97. The van der Waals surface area contributed by atoms with E-state index in [1.54, 1.807) is 19.0 Å². The van der Waals surface area contributed by atoms with E-state index in [-0.39, 0.29) is 12.0 Å². The zero-order valence-electron chi connectivity index (χ0n) is 10.2. The van der Waals surface area contributed by atoms with E-state index >= 15 is 0 Å². The fourth-order valence-corrected chi connectivity index (χ4v) is 2.00. The van der Waals surface area contributed by atoms with Crippen molar-refractivity contribution in [3.8, 4) is 5.75 Å². The summed E-state index contributed by atoms with van der Waals surface area (Å²) in [5.41, 5.74) is 1.80. The smallest absolute Gasteiger partial charge is 0.257 e. The van der Waals surface area contributed by atoms with Gasteiger partial charge in [-0.3, -0.25) is 4.79 Å². The molecule has 0 saturated carbocycles. The van der Waals surface area contributed by atoms with Crippen LogP contribution in [0.2, 0.25) is 0 Å². The molecule has 0 N–H and O–H groups in total. The van der Waals surface area contributed by atoms with E-state index in [0.29, 0.717) is 11.5 Å². The molecular weight excluding hydrogens is 202 g/mol. The lowest BCUT2D eigenvalue weighted by Gasteiger charge is -2.13. The summed E-state index contributed by atoms with van der Waals surface area (Å²) in [6.07, 6.45) is 0.145. The molecule has 1 amide bonds. The lowest BCUT2D eigenvalue weighted by Crippen LogP contribution is -2.22. The van der Waals surface area contributed by atoms with Crippen LogP contribution in [0.4, 0.5) is 0 Å². The van der Waals surface area contributed by atoms with Gasteiger partial charge in [-0.2, -0.15) is 0 Å². The van der Waals surface area contributed by atoms with Gasteiger partial charge in [-0.15, -0.1) is 0 Å². The standard InChI is InChI=1S/C13H17NO2/c1-8-9(2)16-12-10(8)6-5-7-11(12)13(15)14(3)4/h5-9H,1-4H3. The molecule has 16 heavy (non-hydrogen) atoms. The second-order valence-electron chi connectivity index (χ2n) is 4.54. The highest BCUT2D eigenvalue weighted by Gasteiger charge is 2.31. The van der Waals surface area contributed by atoms with Crippen molar-refractivity contribution in [2.75, 3.05) is 14.1 Å². The predicted octanol–water partition coefficient (Wildman–Crippen LogP) is 2.27. The Morgan fingerprint density at radius 2 is 2.00 bits per heavy atom. The summed E-state index contributed by atoms with van der Waals surface area (Å²) in [4.78, 5) is 13.5. The Labute approximate surface area is 96.0 Å². The van der Waals surface area contributed by atoms with Gasteiger partial charge in [0.15, 0.2) is 0 Å². The molecule has 2 unspecified atom stereocenters. The third kappa shape index (κ3) is 1.56. The average molecular weight is 219 g/mol. The molecule has 1 aliphatic heterocycles. The van der Waals surface area contributed by atoms with Gasteiger partial charge in [0.2, 0.25) is 0 Å². The van der Waals surface area contributed by atoms with Crippen LogP contribution in [0.1, 0.15) is 35.7 Å². The number of nitrogens with zero attached hydrogens (tertiary/aromatic N) is 1. The van der Waals surface area contributed by atoms with Crippen molar-refractivity contribution in [3.05, 3.63) is 29.3 Å². The van der Waals surface area contributed by atoms with Gasteiger partial charge in [-0.05, 0) is 13.0 Å². The molecule has 0 fully saturated rings. The van der Waals surface area contributed by atoms with Crippen LogP contribution in [0, 0.1) is 0 Å². The molecule has 3 heteroatoms. The summed E-state index contributed by atoms with van der Waals surface area (Å²) in [6, 6.07) is 5.79. The topological polar surface area (TPSA) is 29.5 Å². The van der Waals surface area contributed by atoms with Gasteiger partial charge < -0.3 is 9.64 Å². The number of amides is 1. The van der Waals surface area contributed by atoms with E-state index in [1.807, 2.05) is 25.1 Å². The number of carbonyl (C=O) groups excluding carboxylic acids is 1. The van der Waals surface area contributed by atoms with Gasteiger partial charge in [0.1, 0.15) is 11.9 Å². The number of hydrogen-bond acceptors (Lipinski definition) is 2. The average Bonchev–Trinajstić information content (AvgIpc) is 2.54. The molecule has 0 aliphatic carbocycles. The Morgan fingerprint density at radius 3 is 2.62 bits per heavy atom. The fraction of sp³-hybridized carbons (Fsp3) is 0.462. The number of ether oxygens (including phenoxy) is 1. The largest absolute Gasteiger partial charge is 0.489 e. The molecule has 0 saturated heterocycles. The summed E-state index contributed by atoms with van der Waals surface area (Å²) in [6.45, 7) is 4.16. The number of benzene rings is 1. The molecule has 1 aromatic carbocycles. The SMILES string of the molecule is CC1Oc2c(C(=O)N(C)C)cccc2C1C. The summed E-state index contributed by atoms with van der Waals surface area (Å²) in [5, 5.41) is 0. The Bertz CT molecular complexity index is 426. The van der Waals surface area contributed by atoms with E-state index in [1.165, 1.54) is 0 Å². The number of para-hydroxylation sites is 1. The van der Waals surface area contributed by atoms with E-state index in [0.717, 1.165) is 11.3 Å². The highest BCUT2D eigenvalue weighted by Crippen LogP contribution is 2.40. The van der Waals surface area contributed by atoms with Crippen LogP contribution < -0.4 is 4.74 Å². The Morgan fingerprint density at radius 1 is 1.31 bits per heavy atom. The summed E-state index contributed by atoms with van der Waals surface area (Å²) < 4.78 is 5.77. The molecule has 2 atom stereocenters. The maximum Gasteiger partial charge on any atom is 0.257 e. The fourth-order valence-electron chi connectivity index (χ4n) is 2.00. The summed E-state index contributed by atoms with van der Waals surface area (Å²) >= 11 is 0. The van der Waals surface area contributed by atoms with Gasteiger partial charge >= 0.3 is 0 Å². The number of hydrogen-bond donors (Lipinski definition) is 0. The molecule has 1 heterocycles. The van der Waals surface area contributed by atoms with Gasteiger partial charge in [-0.1, -0.05) is 19.1 Å². The van der Waals surface area contributed by atoms with Crippen LogP contribution in [0.25, 0.3) is 0 Å². The summed E-state index contributed by atoms with van der Waals surface area (Å²) in [7, 11) is 3.51. The number of carbonyl (C=O) groups is 1. The quantitative estimate of drug-likeness (QED) is 0.725. The second-order valence-corrected chi connectivity index (χ2v) is 4.54. The second kappa shape index (κ2) is 3.81. The predicted molar refractivity (Wildman–Crippen MR) is 63.0 cm³/mol. The van der Waals surface area contributed by atoms with Crippen molar-refractivity contribution < 1.29 is 9.53 Å². The normalized spacial score (nSPS) is 22.5. The van der Waals surface area contributed by atoms with Crippen LogP contribution in [-0.2, 0) is 0 Å². The van der Waals surface area contributed by atoms with Gasteiger partial charge in [0, 0.05) is 25.6 Å². The maximum atomic E-state index is 12.0. The molecule has 1 aromatic rings. The molecule has 0 radical (unpaired) electrons. The van der Waals surface area contributed by atoms with E-state index in [4.69, 9.17) is 4.74 Å². The monoisotopic (exact) mass is 219 g/mol. The van der Waals surface area contributed by atoms with Gasteiger partial charge in [-0.25, -0.2) is 0 Å². The van der Waals surface area contributed by atoms with Crippen molar-refractivity contribution in [2.24, 2.45) is 0 Å². The lowest BCUT2D eigenvalue weighted by molar-refractivity contribution is 0.0822. The van der Waals surface area contributed by atoms with E-state index in [2.05, 4.69) is 6.92 Å². The van der Waals surface area contributed by atoms with Crippen LogP contribution in [-0.4, -0.2) is 31.0 Å². The Hall–Kier alpha value is -1.51. The number of rotatable bonds is 1. The van der Waals surface area contributed by atoms with Crippen molar-refractivity contribution >= 4 is 5.91 Å². The third-order valence-corrected chi connectivity index (χ3v) is 3.18. The van der Waals surface area contributed by atoms with Crippen LogP contribution in [0.15, 0.2) is 18.2 Å². The molecule has 0 spiro atoms. The highest BCUT2D eigenvalue weighted by atomic mass is 16.5. The van der Waals surface area contributed by atoms with Crippen LogP contribution in [0.3, 0.4) is 0 Å². The van der Waals surface area contributed by atoms with Crippen molar-refractivity contribution in [2.45, 2.75) is 25.9 Å². The van der Waals surface area contributed by atoms with Crippen molar-refractivity contribution in [3.63, 3.8) is 0 Å². The van der Waals surface area contributed by atoms with Gasteiger partial charge in [0.25, 0.3) is 5.91 Å². The van der Waals surface area contributed by atoms with E-state index in [9.17, 15) is 4.79 Å². The molecule has 3 nitrogen and oxygen atoms in total. The minimum Gasteiger partial charge on any atom is -0.489 e. The molecule has 1 aliphatic rings. The first-order valence-electron chi connectivity index (χ1n) is 5.53. The molecule has 86 valence electrons. The van der Waals surface area contributed by atoms with Crippen molar-refractivity contribution in [1.82, 2.24) is 4.90 Å². The molecular formula is C13H17NO2. The molecule has 2 rings (SSSR count). The van der Waals surface area contributed by atoms with Gasteiger partial charge in [0.05, 0.1) is 5.56 Å². The van der Waals surface area contributed by atoms with E-state index < -0.39 is 0 Å². The Kier molecular flexibility index (Phi) is 2.62.